The molecule has 4 rings (SSSR count). The fourth-order valence-electron chi connectivity index (χ4n) is 3.47. The number of likely N-dealkylation sites (tertiary alicyclic amines) is 1. The molecule has 1 atom stereocenters. The molecule has 0 saturated carbocycles. The van der Waals surface area contributed by atoms with E-state index in [4.69, 9.17) is 9.26 Å². The van der Waals surface area contributed by atoms with Gasteiger partial charge in [-0.05, 0) is 37.1 Å². The third-order valence-corrected chi connectivity index (χ3v) is 5.00. The van der Waals surface area contributed by atoms with Crippen molar-refractivity contribution in [1.29, 1.82) is 0 Å². The maximum absolute atomic E-state index is 12.7. The van der Waals surface area contributed by atoms with Crippen molar-refractivity contribution in [2.45, 2.75) is 25.4 Å². The fraction of sp³-hybridized carbons (Fsp3) is 0.381. The Hall–Kier alpha value is -2.93. The van der Waals surface area contributed by atoms with Crippen LogP contribution in [-0.2, 0) is 18.2 Å². The number of hydrogen-bond acceptors (Lipinski definition) is 5. The average molecular weight is 380 g/mol. The van der Waals surface area contributed by atoms with Gasteiger partial charge in [0.25, 0.3) is 11.8 Å². The summed E-state index contributed by atoms with van der Waals surface area (Å²) in [5.74, 6) is 1.21. The Balaban J connectivity index is 1.28. The van der Waals surface area contributed by atoms with Gasteiger partial charge < -0.3 is 18.7 Å². The standard InChI is InChI=1S/C21H24N4O3/c1-24-12-6-10-18(24)21(26)25-13-5-9-17(15-25)27-14-11-19-22-20(28-23-19)16-7-3-2-4-8-16/h2-4,6-8,10,12,17H,5,9,11,13-15H2,1H3. The summed E-state index contributed by atoms with van der Waals surface area (Å²) in [4.78, 5) is 19.0. The van der Waals surface area contributed by atoms with Crippen LogP contribution < -0.4 is 0 Å². The monoisotopic (exact) mass is 380 g/mol. The Morgan fingerprint density at radius 2 is 2.11 bits per heavy atom. The smallest absolute Gasteiger partial charge is 0.270 e. The second kappa shape index (κ2) is 8.39. The van der Waals surface area contributed by atoms with Gasteiger partial charge in [0.1, 0.15) is 5.69 Å². The topological polar surface area (TPSA) is 73.4 Å². The number of aryl methyl sites for hydroxylation is 1. The molecular weight excluding hydrogens is 356 g/mol. The zero-order valence-electron chi connectivity index (χ0n) is 16.0. The van der Waals surface area contributed by atoms with Crippen molar-refractivity contribution in [2.75, 3.05) is 19.7 Å². The molecule has 3 heterocycles. The van der Waals surface area contributed by atoms with Gasteiger partial charge in [0.05, 0.1) is 12.7 Å². The summed E-state index contributed by atoms with van der Waals surface area (Å²) in [7, 11) is 1.89. The summed E-state index contributed by atoms with van der Waals surface area (Å²) in [5.41, 5.74) is 1.62. The maximum Gasteiger partial charge on any atom is 0.270 e. The SMILES string of the molecule is Cn1cccc1C(=O)N1CCCC(OCCc2noc(-c3ccccc3)n2)C1. The van der Waals surface area contributed by atoms with Crippen molar-refractivity contribution in [3.05, 3.63) is 60.2 Å². The average Bonchev–Trinajstić information content (AvgIpc) is 3.37. The molecule has 0 spiro atoms. The van der Waals surface area contributed by atoms with Gasteiger partial charge in [0.15, 0.2) is 5.82 Å². The summed E-state index contributed by atoms with van der Waals surface area (Å²) in [6.07, 6.45) is 4.41. The van der Waals surface area contributed by atoms with Gasteiger partial charge in [-0.25, -0.2) is 0 Å². The maximum atomic E-state index is 12.7. The summed E-state index contributed by atoms with van der Waals surface area (Å²) in [5, 5.41) is 4.03. The summed E-state index contributed by atoms with van der Waals surface area (Å²) >= 11 is 0. The van der Waals surface area contributed by atoms with E-state index in [9.17, 15) is 4.79 Å². The first-order valence-electron chi connectivity index (χ1n) is 9.61. The first kappa shape index (κ1) is 18.4. The van der Waals surface area contributed by atoms with Crippen LogP contribution in [0.5, 0.6) is 0 Å². The van der Waals surface area contributed by atoms with E-state index in [2.05, 4.69) is 10.1 Å². The van der Waals surface area contributed by atoms with Crippen molar-refractivity contribution >= 4 is 5.91 Å². The highest BCUT2D eigenvalue weighted by atomic mass is 16.5. The van der Waals surface area contributed by atoms with Gasteiger partial charge in [-0.3, -0.25) is 4.79 Å². The van der Waals surface area contributed by atoms with E-state index < -0.39 is 0 Å². The van der Waals surface area contributed by atoms with Crippen LogP contribution in [0.1, 0.15) is 29.2 Å². The van der Waals surface area contributed by atoms with Crippen LogP contribution in [0.3, 0.4) is 0 Å². The zero-order valence-corrected chi connectivity index (χ0v) is 16.0. The number of carbonyl (C=O) groups is 1. The van der Waals surface area contributed by atoms with E-state index in [1.165, 1.54) is 0 Å². The van der Waals surface area contributed by atoms with Crippen molar-refractivity contribution in [3.8, 4) is 11.5 Å². The summed E-state index contributed by atoms with van der Waals surface area (Å²) in [6, 6.07) is 13.4. The van der Waals surface area contributed by atoms with Crippen LogP contribution in [0.25, 0.3) is 11.5 Å². The minimum Gasteiger partial charge on any atom is -0.376 e. The molecule has 0 bridgehead atoms. The second-order valence-electron chi connectivity index (χ2n) is 7.02. The Bertz CT molecular complexity index is 919. The first-order chi connectivity index (χ1) is 13.7. The molecule has 1 aromatic carbocycles. The van der Waals surface area contributed by atoms with Crippen LogP contribution in [0, 0.1) is 0 Å². The molecule has 7 heteroatoms. The van der Waals surface area contributed by atoms with Gasteiger partial charge in [-0.1, -0.05) is 23.4 Å². The Labute approximate surface area is 163 Å². The molecule has 1 fully saturated rings. The van der Waals surface area contributed by atoms with Crippen molar-refractivity contribution < 1.29 is 14.1 Å². The van der Waals surface area contributed by atoms with Crippen LogP contribution in [0.15, 0.2) is 53.2 Å². The molecule has 7 nitrogen and oxygen atoms in total. The van der Waals surface area contributed by atoms with Gasteiger partial charge in [0.2, 0.25) is 0 Å². The molecular formula is C21H24N4O3. The van der Waals surface area contributed by atoms with Crippen molar-refractivity contribution in [2.24, 2.45) is 7.05 Å². The molecule has 28 heavy (non-hydrogen) atoms. The van der Waals surface area contributed by atoms with Gasteiger partial charge in [-0.15, -0.1) is 0 Å². The number of benzene rings is 1. The van der Waals surface area contributed by atoms with Crippen molar-refractivity contribution in [3.63, 3.8) is 0 Å². The molecule has 1 aliphatic heterocycles. The number of carbonyl (C=O) groups excluding carboxylic acids is 1. The number of aromatic nitrogens is 3. The largest absolute Gasteiger partial charge is 0.376 e. The van der Waals surface area contributed by atoms with E-state index >= 15 is 0 Å². The van der Waals surface area contributed by atoms with E-state index in [1.807, 2.05) is 65.2 Å². The van der Waals surface area contributed by atoms with Crippen LogP contribution >= 0.6 is 0 Å². The predicted octanol–water partition coefficient (Wildman–Crippen LogP) is 2.94. The fourth-order valence-corrected chi connectivity index (χ4v) is 3.47. The Morgan fingerprint density at radius 3 is 2.89 bits per heavy atom. The van der Waals surface area contributed by atoms with E-state index in [1.54, 1.807) is 0 Å². The van der Waals surface area contributed by atoms with Gasteiger partial charge in [0, 0.05) is 38.3 Å². The molecule has 1 aliphatic rings. The molecule has 3 aromatic rings. The number of hydrogen-bond donors (Lipinski definition) is 0. The lowest BCUT2D eigenvalue weighted by molar-refractivity contribution is 0.00220. The number of nitrogens with zero attached hydrogens (tertiary/aromatic N) is 4. The number of piperidine rings is 1. The van der Waals surface area contributed by atoms with Gasteiger partial charge >= 0.3 is 0 Å². The minimum atomic E-state index is 0.0402. The van der Waals surface area contributed by atoms with E-state index in [0.717, 1.165) is 24.9 Å². The number of ether oxygens (including phenoxy) is 1. The lowest BCUT2D eigenvalue weighted by atomic mass is 10.1. The quantitative estimate of drug-likeness (QED) is 0.657. The zero-order chi connectivity index (χ0) is 19.3. The third kappa shape index (κ3) is 4.14. The molecule has 0 N–H and O–H groups in total. The van der Waals surface area contributed by atoms with Crippen LogP contribution in [-0.4, -0.2) is 51.3 Å². The van der Waals surface area contributed by atoms with Crippen LogP contribution in [0.2, 0.25) is 0 Å². The highest BCUT2D eigenvalue weighted by Crippen LogP contribution is 2.18. The Kier molecular flexibility index (Phi) is 5.53. The molecule has 0 aliphatic carbocycles. The lowest BCUT2D eigenvalue weighted by Crippen LogP contribution is -2.43. The minimum absolute atomic E-state index is 0.0402. The highest BCUT2D eigenvalue weighted by Gasteiger charge is 2.26. The first-order valence-corrected chi connectivity index (χ1v) is 9.61. The Morgan fingerprint density at radius 1 is 1.25 bits per heavy atom. The normalized spacial score (nSPS) is 17.0. The number of rotatable bonds is 6. The molecule has 146 valence electrons. The third-order valence-electron chi connectivity index (χ3n) is 5.00. The molecule has 1 saturated heterocycles. The summed E-state index contributed by atoms with van der Waals surface area (Å²) in [6.45, 7) is 1.89. The van der Waals surface area contributed by atoms with Gasteiger partial charge in [-0.2, -0.15) is 4.98 Å². The summed E-state index contributed by atoms with van der Waals surface area (Å²) < 4.78 is 13.2. The molecule has 2 aromatic heterocycles. The second-order valence-corrected chi connectivity index (χ2v) is 7.02. The van der Waals surface area contributed by atoms with E-state index in [0.29, 0.717) is 37.0 Å². The lowest BCUT2D eigenvalue weighted by Gasteiger charge is -2.32. The van der Waals surface area contributed by atoms with Crippen molar-refractivity contribution in [1.82, 2.24) is 19.6 Å². The molecule has 1 amide bonds. The van der Waals surface area contributed by atoms with Crippen LogP contribution in [0.4, 0.5) is 0 Å². The molecule has 0 radical (unpaired) electrons. The van der Waals surface area contributed by atoms with E-state index in [-0.39, 0.29) is 12.0 Å². The number of amides is 1. The highest BCUT2D eigenvalue weighted by molar-refractivity contribution is 5.92. The predicted molar refractivity (Wildman–Crippen MR) is 104 cm³/mol. The molecule has 1 unspecified atom stereocenters.